The lowest BCUT2D eigenvalue weighted by molar-refractivity contribution is 0.557. The van der Waals surface area contributed by atoms with E-state index in [4.69, 9.17) is 11.6 Å². The van der Waals surface area contributed by atoms with E-state index in [2.05, 4.69) is 31.3 Å². The lowest BCUT2D eigenvalue weighted by Gasteiger charge is -2.04. The van der Waals surface area contributed by atoms with Crippen LogP contribution in [0.1, 0.15) is 25.1 Å². The Kier molecular flexibility index (Phi) is 5.99. The van der Waals surface area contributed by atoms with Gasteiger partial charge in [-0.05, 0) is 43.0 Å². The van der Waals surface area contributed by atoms with Gasteiger partial charge in [0.05, 0.1) is 5.02 Å². The predicted molar refractivity (Wildman–Crippen MR) is 70.7 cm³/mol. The molecule has 1 heterocycles. The van der Waals surface area contributed by atoms with Crippen LogP contribution in [0.3, 0.4) is 0 Å². The monoisotopic (exact) mass is 243 g/mol. The number of hydrogen-bond donors (Lipinski definition) is 1. The Morgan fingerprint density at radius 1 is 1.53 bits per heavy atom. The molecular formula is C12H18ClNS. The first-order valence-electron chi connectivity index (χ1n) is 5.30. The van der Waals surface area contributed by atoms with E-state index in [0.29, 0.717) is 0 Å². The van der Waals surface area contributed by atoms with Crippen LogP contribution in [0, 0.1) is 5.92 Å². The minimum atomic E-state index is 0.723. The third kappa shape index (κ3) is 5.36. The summed E-state index contributed by atoms with van der Waals surface area (Å²) in [5.74, 6) is 0.723. The summed E-state index contributed by atoms with van der Waals surface area (Å²) in [4.78, 5) is 1.15. The molecule has 0 aromatic carbocycles. The zero-order valence-electron chi connectivity index (χ0n) is 9.29. The zero-order chi connectivity index (χ0) is 11.1. The second-order valence-corrected chi connectivity index (χ2v) is 5.28. The van der Waals surface area contributed by atoms with E-state index in [9.17, 15) is 0 Å². The number of nitrogens with one attached hydrogen (secondary N) is 1. The smallest absolute Gasteiger partial charge is 0.0585 e. The summed E-state index contributed by atoms with van der Waals surface area (Å²) in [6.45, 7) is 6.56. The second-order valence-electron chi connectivity index (χ2n) is 3.92. The largest absolute Gasteiger partial charge is 0.316 e. The Labute approximate surface area is 101 Å². The van der Waals surface area contributed by atoms with Gasteiger partial charge < -0.3 is 5.32 Å². The highest BCUT2D eigenvalue weighted by atomic mass is 35.5. The Morgan fingerprint density at radius 3 is 2.93 bits per heavy atom. The fourth-order valence-electron chi connectivity index (χ4n) is 1.19. The van der Waals surface area contributed by atoms with Crippen molar-refractivity contribution in [3.05, 3.63) is 27.4 Å². The van der Waals surface area contributed by atoms with Gasteiger partial charge in [-0.1, -0.05) is 31.5 Å². The van der Waals surface area contributed by atoms with E-state index >= 15 is 0 Å². The van der Waals surface area contributed by atoms with Crippen LogP contribution < -0.4 is 5.32 Å². The van der Waals surface area contributed by atoms with Gasteiger partial charge in [-0.25, -0.2) is 0 Å². The summed E-state index contributed by atoms with van der Waals surface area (Å²) >= 11 is 7.64. The molecule has 0 aliphatic heterocycles. The van der Waals surface area contributed by atoms with Gasteiger partial charge in [-0.2, -0.15) is 0 Å². The van der Waals surface area contributed by atoms with Crippen molar-refractivity contribution in [2.45, 2.75) is 20.3 Å². The summed E-state index contributed by atoms with van der Waals surface area (Å²) in [7, 11) is 0. The standard InChI is InChI=1S/C12H18ClNS/c1-10(2)9-14-7-4-3-5-12-11(13)6-8-15-12/h3,5-6,8,10,14H,4,7,9H2,1-2H3/b5-3+. The molecule has 1 N–H and O–H groups in total. The van der Waals surface area contributed by atoms with Crippen LogP contribution in [0.2, 0.25) is 5.02 Å². The molecule has 0 fully saturated rings. The Balaban J connectivity index is 2.15. The summed E-state index contributed by atoms with van der Waals surface area (Å²) in [6, 6.07) is 1.93. The molecule has 0 unspecified atom stereocenters. The van der Waals surface area contributed by atoms with Crippen LogP contribution in [-0.2, 0) is 0 Å². The van der Waals surface area contributed by atoms with Crippen molar-refractivity contribution in [1.29, 1.82) is 0 Å². The lowest BCUT2D eigenvalue weighted by Crippen LogP contribution is -2.20. The fourth-order valence-corrected chi connectivity index (χ4v) is 2.23. The average Bonchev–Trinajstić information content (AvgIpc) is 2.57. The van der Waals surface area contributed by atoms with Crippen molar-refractivity contribution in [1.82, 2.24) is 5.32 Å². The van der Waals surface area contributed by atoms with E-state index in [1.54, 1.807) is 11.3 Å². The maximum Gasteiger partial charge on any atom is 0.0585 e. The van der Waals surface area contributed by atoms with Gasteiger partial charge >= 0.3 is 0 Å². The molecule has 0 saturated heterocycles. The molecule has 1 aromatic rings. The van der Waals surface area contributed by atoms with Crippen molar-refractivity contribution in [2.75, 3.05) is 13.1 Å². The molecule has 84 valence electrons. The Morgan fingerprint density at radius 2 is 2.33 bits per heavy atom. The molecule has 1 aromatic heterocycles. The first-order valence-corrected chi connectivity index (χ1v) is 6.56. The van der Waals surface area contributed by atoms with E-state index < -0.39 is 0 Å². The summed E-state index contributed by atoms with van der Waals surface area (Å²) in [6.07, 6.45) is 5.33. The molecule has 15 heavy (non-hydrogen) atoms. The third-order valence-corrected chi connectivity index (χ3v) is 3.28. The first-order chi connectivity index (χ1) is 7.20. The molecule has 0 amide bonds. The minimum Gasteiger partial charge on any atom is -0.316 e. The summed E-state index contributed by atoms with van der Waals surface area (Å²) < 4.78 is 0. The number of thiophene rings is 1. The van der Waals surface area contributed by atoms with Gasteiger partial charge in [0.15, 0.2) is 0 Å². The van der Waals surface area contributed by atoms with E-state index in [1.165, 1.54) is 0 Å². The second kappa shape index (κ2) is 7.04. The molecule has 0 saturated carbocycles. The van der Waals surface area contributed by atoms with Gasteiger partial charge in [0, 0.05) is 4.88 Å². The Bertz CT molecular complexity index is 304. The Hall–Kier alpha value is -0.310. The molecular weight excluding hydrogens is 226 g/mol. The molecule has 0 atom stereocenters. The van der Waals surface area contributed by atoms with Gasteiger partial charge in [0.1, 0.15) is 0 Å². The van der Waals surface area contributed by atoms with Gasteiger partial charge in [-0.3, -0.25) is 0 Å². The molecule has 0 bridgehead atoms. The van der Waals surface area contributed by atoms with Crippen molar-refractivity contribution in [2.24, 2.45) is 5.92 Å². The van der Waals surface area contributed by atoms with Gasteiger partial charge in [0.25, 0.3) is 0 Å². The number of rotatable bonds is 6. The van der Waals surface area contributed by atoms with Gasteiger partial charge in [0.2, 0.25) is 0 Å². The molecule has 0 spiro atoms. The molecule has 0 radical (unpaired) electrons. The van der Waals surface area contributed by atoms with E-state index in [1.807, 2.05) is 11.4 Å². The SMILES string of the molecule is CC(C)CNCC/C=C/c1sccc1Cl. The van der Waals surface area contributed by atoms with E-state index in [0.717, 1.165) is 35.3 Å². The van der Waals surface area contributed by atoms with Crippen molar-refractivity contribution in [3.8, 4) is 0 Å². The van der Waals surface area contributed by atoms with Crippen molar-refractivity contribution in [3.63, 3.8) is 0 Å². The summed E-state index contributed by atoms with van der Waals surface area (Å²) in [5.41, 5.74) is 0. The molecule has 0 aliphatic rings. The van der Waals surface area contributed by atoms with Gasteiger partial charge in [-0.15, -0.1) is 11.3 Å². The van der Waals surface area contributed by atoms with Crippen LogP contribution in [0.5, 0.6) is 0 Å². The summed E-state index contributed by atoms with van der Waals surface area (Å²) in [5, 5.41) is 6.26. The molecule has 1 nitrogen and oxygen atoms in total. The topological polar surface area (TPSA) is 12.0 Å². The first kappa shape index (κ1) is 12.8. The maximum atomic E-state index is 5.96. The van der Waals surface area contributed by atoms with Crippen LogP contribution in [0.15, 0.2) is 17.5 Å². The number of halogens is 1. The van der Waals surface area contributed by atoms with Crippen molar-refractivity contribution >= 4 is 29.0 Å². The molecule has 3 heteroatoms. The maximum absolute atomic E-state index is 5.96. The number of hydrogen-bond acceptors (Lipinski definition) is 2. The normalized spacial score (nSPS) is 11.7. The van der Waals surface area contributed by atoms with Crippen molar-refractivity contribution < 1.29 is 0 Å². The van der Waals surface area contributed by atoms with E-state index in [-0.39, 0.29) is 0 Å². The highest BCUT2D eigenvalue weighted by Gasteiger charge is 1.95. The zero-order valence-corrected chi connectivity index (χ0v) is 10.9. The predicted octanol–water partition coefficient (Wildman–Crippen LogP) is 4.05. The van der Waals surface area contributed by atoms with Crippen LogP contribution in [0.4, 0.5) is 0 Å². The fraction of sp³-hybridized carbons (Fsp3) is 0.500. The minimum absolute atomic E-state index is 0.723. The van der Waals surface area contributed by atoms with Crippen LogP contribution >= 0.6 is 22.9 Å². The van der Waals surface area contributed by atoms with Crippen LogP contribution in [-0.4, -0.2) is 13.1 Å². The lowest BCUT2D eigenvalue weighted by atomic mass is 10.2. The average molecular weight is 244 g/mol. The highest BCUT2D eigenvalue weighted by Crippen LogP contribution is 2.23. The molecule has 1 rings (SSSR count). The quantitative estimate of drug-likeness (QED) is 0.744. The molecule has 0 aliphatic carbocycles. The highest BCUT2D eigenvalue weighted by molar-refractivity contribution is 7.11. The third-order valence-electron chi connectivity index (χ3n) is 1.95. The van der Waals surface area contributed by atoms with Crippen LogP contribution in [0.25, 0.3) is 6.08 Å².